The highest BCUT2D eigenvalue weighted by Gasteiger charge is 2.22. The van der Waals surface area contributed by atoms with E-state index in [1.54, 1.807) is 13.8 Å². The van der Waals surface area contributed by atoms with Crippen LogP contribution in [0, 0.1) is 13.8 Å². The summed E-state index contributed by atoms with van der Waals surface area (Å²) in [6.07, 6.45) is 3.99. The molecule has 3 N–H and O–H groups in total. The molecule has 8 nitrogen and oxygen atoms in total. The monoisotopic (exact) mass is 317 g/mol. The van der Waals surface area contributed by atoms with Gasteiger partial charge in [0.05, 0.1) is 12.1 Å². The van der Waals surface area contributed by atoms with E-state index in [9.17, 15) is 9.59 Å². The Labute approximate surface area is 133 Å². The summed E-state index contributed by atoms with van der Waals surface area (Å²) < 4.78 is 5.01. The Kier molecular flexibility index (Phi) is 4.14. The lowest BCUT2D eigenvalue weighted by molar-refractivity contribution is -0.121. The molecule has 0 fully saturated rings. The van der Waals surface area contributed by atoms with E-state index in [0.29, 0.717) is 17.1 Å². The van der Waals surface area contributed by atoms with Gasteiger partial charge in [0, 0.05) is 16.8 Å². The van der Waals surface area contributed by atoms with Crippen LogP contribution in [0.5, 0.6) is 0 Å². The molecular formula is C15H19N5O3. The van der Waals surface area contributed by atoms with Gasteiger partial charge in [0.2, 0.25) is 5.91 Å². The second kappa shape index (κ2) is 6.23. The fraction of sp³-hybridized carbons (Fsp3) is 0.467. The van der Waals surface area contributed by atoms with Gasteiger partial charge in [-0.05, 0) is 39.5 Å². The molecule has 0 saturated carbocycles. The molecule has 0 bridgehead atoms. The van der Waals surface area contributed by atoms with Gasteiger partial charge in [-0.1, -0.05) is 5.16 Å². The number of hydrogen-bond acceptors (Lipinski definition) is 5. The van der Waals surface area contributed by atoms with E-state index in [4.69, 9.17) is 4.52 Å². The van der Waals surface area contributed by atoms with Crippen molar-refractivity contribution in [3.05, 3.63) is 34.0 Å². The van der Waals surface area contributed by atoms with E-state index in [0.717, 1.165) is 42.5 Å². The van der Waals surface area contributed by atoms with Crippen molar-refractivity contribution in [2.75, 3.05) is 0 Å². The molecule has 0 radical (unpaired) electrons. The van der Waals surface area contributed by atoms with E-state index in [-0.39, 0.29) is 12.3 Å². The summed E-state index contributed by atoms with van der Waals surface area (Å²) in [5.41, 5.74) is 8.55. The highest BCUT2D eigenvalue weighted by molar-refractivity contribution is 5.95. The van der Waals surface area contributed by atoms with Gasteiger partial charge in [0.25, 0.3) is 5.91 Å². The minimum Gasteiger partial charge on any atom is -0.361 e. The topological polar surface area (TPSA) is 113 Å². The molecule has 2 amide bonds. The second-order valence-corrected chi connectivity index (χ2v) is 5.72. The number of nitrogens with zero attached hydrogens (tertiary/aromatic N) is 2. The zero-order valence-electron chi connectivity index (χ0n) is 13.2. The number of amides is 2. The van der Waals surface area contributed by atoms with Crippen molar-refractivity contribution in [1.82, 2.24) is 26.2 Å². The van der Waals surface area contributed by atoms with Crippen LogP contribution in [0.2, 0.25) is 0 Å². The number of aryl methyl sites for hydroxylation is 3. The summed E-state index contributed by atoms with van der Waals surface area (Å²) in [6.45, 7) is 3.52. The number of aromatic amines is 1. The molecule has 0 aliphatic heterocycles. The molecule has 2 heterocycles. The van der Waals surface area contributed by atoms with Gasteiger partial charge in [0.1, 0.15) is 5.76 Å². The molecule has 0 saturated heterocycles. The first-order valence-electron chi connectivity index (χ1n) is 7.63. The largest absolute Gasteiger partial charge is 0.361 e. The van der Waals surface area contributed by atoms with Crippen LogP contribution in [-0.2, 0) is 24.1 Å². The summed E-state index contributed by atoms with van der Waals surface area (Å²) in [6, 6.07) is 0. The van der Waals surface area contributed by atoms with Crippen molar-refractivity contribution < 1.29 is 14.1 Å². The molecule has 23 heavy (non-hydrogen) atoms. The van der Waals surface area contributed by atoms with Crippen LogP contribution < -0.4 is 10.9 Å². The predicted molar refractivity (Wildman–Crippen MR) is 80.5 cm³/mol. The molecule has 8 heteroatoms. The Morgan fingerprint density at radius 1 is 1.22 bits per heavy atom. The van der Waals surface area contributed by atoms with Crippen LogP contribution in [0.3, 0.4) is 0 Å². The standard InChI is InChI=1S/C15H19N5O3/c1-8-11(9(2)23-20-8)7-13(21)17-19-15(22)14-10-5-3-4-6-12(10)16-18-14/h3-7H2,1-2H3,(H,16,18)(H,17,21)(H,19,22). The number of hydrogen-bond donors (Lipinski definition) is 3. The predicted octanol–water partition coefficient (Wildman–Crippen LogP) is 0.897. The number of H-pyrrole nitrogens is 1. The van der Waals surface area contributed by atoms with Gasteiger partial charge < -0.3 is 4.52 Å². The van der Waals surface area contributed by atoms with Gasteiger partial charge >= 0.3 is 0 Å². The van der Waals surface area contributed by atoms with Crippen LogP contribution in [0.15, 0.2) is 4.52 Å². The molecule has 2 aromatic rings. The van der Waals surface area contributed by atoms with Crippen LogP contribution >= 0.6 is 0 Å². The molecule has 2 aromatic heterocycles. The summed E-state index contributed by atoms with van der Waals surface area (Å²) in [5, 5.41) is 10.8. The minimum atomic E-state index is -0.406. The molecule has 122 valence electrons. The molecule has 1 aliphatic carbocycles. The van der Waals surface area contributed by atoms with Gasteiger partial charge in [-0.15, -0.1) is 0 Å². The van der Waals surface area contributed by atoms with Gasteiger partial charge in [0.15, 0.2) is 5.69 Å². The molecule has 1 aliphatic rings. The third kappa shape index (κ3) is 3.10. The highest BCUT2D eigenvalue weighted by Crippen LogP contribution is 2.21. The van der Waals surface area contributed by atoms with Crippen molar-refractivity contribution in [2.24, 2.45) is 0 Å². The average molecular weight is 317 g/mol. The number of rotatable bonds is 3. The van der Waals surface area contributed by atoms with Crippen LogP contribution in [0.4, 0.5) is 0 Å². The zero-order valence-corrected chi connectivity index (χ0v) is 13.2. The smallest absolute Gasteiger partial charge is 0.290 e. The highest BCUT2D eigenvalue weighted by atomic mass is 16.5. The van der Waals surface area contributed by atoms with Gasteiger partial charge in [-0.2, -0.15) is 5.10 Å². The lowest BCUT2D eigenvalue weighted by Crippen LogP contribution is -2.43. The maximum Gasteiger partial charge on any atom is 0.290 e. The average Bonchev–Trinajstić information content (AvgIpc) is 3.11. The van der Waals surface area contributed by atoms with E-state index >= 15 is 0 Å². The third-order valence-corrected chi connectivity index (χ3v) is 4.11. The Balaban J connectivity index is 1.59. The minimum absolute atomic E-state index is 0.0973. The van der Waals surface area contributed by atoms with Gasteiger partial charge in [-0.25, -0.2) is 0 Å². The Hall–Kier alpha value is -2.64. The third-order valence-electron chi connectivity index (χ3n) is 4.11. The number of aromatic nitrogens is 3. The van der Waals surface area contributed by atoms with E-state index < -0.39 is 5.91 Å². The maximum absolute atomic E-state index is 12.2. The SMILES string of the molecule is Cc1noc(C)c1CC(=O)NNC(=O)c1n[nH]c2c1CCCC2. The molecule has 3 rings (SSSR count). The van der Waals surface area contributed by atoms with E-state index in [1.807, 2.05) is 0 Å². The van der Waals surface area contributed by atoms with Gasteiger partial charge in [-0.3, -0.25) is 25.5 Å². The first kappa shape index (κ1) is 15.3. The van der Waals surface area contributed by atoms with Crippen LogP contribution in [0.1, 0.15) is 51.6 Å². The number of fused-ring (bicyclic) bond motifs is 1. The van der Waals surface area contributed by atoms with Crippen molar-refractivity contribution >= 4 is 11.8 Å². The van der Waals surface area contributed by atoms with Crippen LogP contribution in [-0.4, -0.2) is 27.2 Å². The second-order valence-electron chi connectivity index (χ2n) is 5.72. The lowest BCUT2D eigenvalue weighted by atomic mass is 9.96. The van der Waals surface area contributed by atoms with Crippen molar-refractivity contribution in [1.29, 1.82) is 0 Å². The summed E-state index contributed by atoms with van der Waals surface area (Å²) in [7, 11) is 0. The van der Waals surface area contributed by atoms with Crippen LogP contribution in [0.25, 0.3) is 0 Å². The number of nitrogens with one attached hydrogen (secondary N) is 3. The first-order valence-corrected chi connectivity index (χ1v) is 7.63. The summed E-state index contributed by atoms with van der Waals surface area (Å²) in [5.74, 6) is -0.140. The fourth-order valence-corrected chi connectivity index (χ4v) is 2.81. The van der Waals surface area contributed by atoms with Crippen molar-refractivity contribution in [2.45, 2.75) is 46.0 Å². The number of hydrazine groups is 1. The Bertz CT molecular complexity index is 727. The fourth-order valence-electron chi connectivity index (χ4n) is 2.81. The van der Waals surface area contributed by atoms with E-state index in [1.165, 1.54) is 0 Å². The van der Waals surface area contributed by atoms with Crippen molar-refractivity contribution in [3.63, 3.8) is 0 Å². The lowest BCUT2D eigenvalue weighted by Gasteiger charge is -2.11. The first-order chi connectivity index (χ1) is 11.1. The quantitative estimate of drug-likeness (QED) is 0.728. The molecular weight excluding hydrogens is 298 g/mol. The Morgan fingerprint density at radius 3 is 2.74 bits per heavy atom. The molecule has 0 aromatic carbocycles. The number of carbonyl (C=O) groups excluding carboxylic acids is 2. The molecule has 0 atom stereocenters. The molecule has 0 spiro atoms. The van der Waals surface area contributed by atoms with E-state index in [2.05, 4.69) is 26.2 Å². The normalized spacial score (nSPS) is 13.5. The summed E-state index contributed by atoms with van der Waals surface area (Å²) >= 11 is 0. The number of carbonyl (C=O) groups is 2. The Morgan fingerprint density at radius 2 is 2.00 bits per heavy atom. The summed E-state index contributed by atoms with van der Waals surface area (Å²) in [4.78, 5) is 24.1. The molecule has 0 unspecified atom stereocenters. The zero-order chi connectivity index (χ0) is 16.4. The maximum atomic E-state index is 12.2. The van der Waals surface area contributed by atoms with Crippen molar-refractivity contribution in [3.8, 4) is 0 Å².